The number of amides is 1. The SMILES string of the molecule is CCC1CCCCN1C(=O)CSc1nc2ccccc2c(=O)n1-c1ccc(C)cc1. The molecule has 1 atom stereocenters. The van der Waals surface area contributed by atoms with Crippen LogP contribution in [0.25, 0.3) is 16.6 Å². The molecule has 1 aliphatic rings. The van der Waals surface area contributed by atoms with Gasteiger partial charge in [-0.2, -0.15) is 0 Å². The van der Waals surface area contributed by atoms with Crippen molar-refractivity contribution in [2.45, 2.75) is 50.7 Å². The highest BCUT2D eigenvalue weighted by Crippen LogP contribution is 2.25. The van der Waals surface area contributed by atoms with Crippen LogP contribution in [0, 0.1) is 6.92 Å². The molecule has 156 valence electrons. The van der Waals surface area contributed by atoms with Crippen LogP contribution in [-0.4, -0.2) is 38.7 Å². The zero-order valence-corrected chi connectivity index (χ0v) is 18.3. The van der Waals surface area contributed by atoms with Crippen molar-refractivity contribution < 1.29 is 4.79 Å². The van der Waals surface area contributed by atoms with Gasteiger partial charge in [-0.3, -0.25) is 14.2 Å². The van der Waals surface area contributed by atoms with Crippen LogP contribution in [-0.2, 0) is 4.79 Å². The van der Waals surface area contributed by atoms with Gasteiger partial charge in [0.05, 0.1) is 22.3 Å². The van der Waals surface area contributed by atoms with Gasteiger partial charge in [0.25, 0.3) is 5.56 Å². The summed E-state index contributed by atoms with van der Waals surface area (Å²) in [5.41, 5.74) is 2.44. The standard InChI is InChI=1S/C24H27N3O2S/c1-3-18-8-6-7-15-26(18)22(28)16-30-24-25-21-10-5-4-9-20(21)23(29)27(24)19-13-11-17(2)12-14-19/h4-5,9-14,18H,3,6-8,15-16H2,1-2H3. The number of carbonyl (C=O) groups excluding carboxylic acids is 1. The van der Waals surface area contributed by atoms with Crippen molar-refractivity contribution in [2.75, 3.05) is 12.3 Å². The third-order valence-electron chi connectivity index (χ3n) is 5.78. The summed E-state index contributed by atoms with van der Waals surface area (Å²) in [5, 5.41) is 1.14. The van der Waals surface area contributed by atoms with E-state index in [0.717, 1.165) is 37.1 Å². The second-order valence-electron chi connectivity index (χ2n) is 7.82. The van der Waals surface area contributed by atoms with Gasteiger partial charge in [0.2, 0.25) is 5.91 Å². The minimum absolute atomic E-state index is 0.108. The molecular weight excluding hydrogens is 394 g/mol. The first-order chi connectivity index (χ1) is 14.6. The fraction of sp³-hybridized carbons (Fsp3) is 0.375. The van der Waals surface area contributed by atoms with Crippen LogP contribution in [0.1, 0.15) is 38.2 Å². The fourth-order valence-corrected chi connectivity index (χ4v) is 4.99. The highest BCUT2D eigenvalue weighted by molar-refractivity contribution is 7.99. The lowest BCUT2D eigenvalue weighted by Gasteiger charge is -2.35. The molecule has 30 heavy (non-hydrogen) atoms. The molecule has 2 heterocycles. The molecule has 0 N–H and O–H groups in total. The van der Waals surface area contributed by atoms with Gasteiger partial charge in [-0.25, -0.2) is 4.98 Å². The van der Waals surface area contributed by atoms with E-state index in [2.05, 4.69) is 6.92 Å². The number of aromatic nitrogens is 2. The van der Waals surface area contributed by atoms with Gasteiger partial charge < -0.3 is 4.90 Å². The normalized spacial score (nSPS) is 16.7. The minimum Gasteiger partial charge on any atom is -0.339 e. The van der Waals surface area contributed by atoms with E-state index >= 15 is 0 Å². The maximum Gasteiger partial charge on any atom is 0.266 e. The lowest BCUT2D eigenvalue weighted by atomic mass is 10.0. The molecule has 6 heteroatoms. The smallest absolute Gasteiger partial charge is 0.266 e. The summed E-state index contributed by atoms with van der Waals surface area (Å²) in [5.74, 6) is 0.414. The van der Waals surface area contributed by atoms with E-state index in [1.165, 1.54) is 18.2 Å². The molecule has 4 rings (SSSR count). The number of likely N-dealkylation sites (tertiary alicyclic amines) is 1. The summed E-state index contributed by atoms with van der Waals surface area (Å²) in [6, 6.07) is 15.5. The largest absolute Gasteiger partial charge is 0.339 e. The van der Waals surface area contributed by atoms with E-state index in [-0.39, 0.29) is 17.2 Å². The Balaban J connectivity index is 1.69. The molecule has 1 amide bonds. The Kier molecular flexibility index (Phi) is 6.23. The molecule has 2 aromatic carbocycles. The van der Waals surface area contributed by atoms with Crippen LogP contribution in [0.4, 0.5) is 0 Å². The van der Waals surface area contributed by atoms with Crippen molar-refractivity contribution in [3.8, 4) is 5.69 Å². The third-order valence-corrected chi connectivity index (χ3v) is 6.70. The number of benzene rings is 2. The molecule has 1 aliphatic heterocycles. The molecule has 1 aromatic heterocycles. The van der Waals surface area contributed by atoms with E-state index in [4.69, 9.17) is 4.98 Å². The van der Waals surface area contributed by atoms with E-state index in [1.807, 2.05) is 54.3 Å². The predicted molar refractivity (Wildman–Crippen MR) is 122 cm³/mol. The molecular formula is C24H27N3O2S. The Hall–Kier alpha value is -2.60. The lowest BCUT2D eigenvalue weighted by molar-refractivity contribution is -0.132. The Morgan fingerprint density at radius 3 is 2.67 bits per heavy atom. The molecule has 0 radical (unpaired) electrons. The number of rotatable bonds is 5. The first-order valence-corrected chi connectivity index (χ1v) is 11.6. The number of hydrogen-bond acceptors (Lipinski definition) is 4. The number of para-hydroxylation sites is 1. The average molecular weight is 422 g/mol. The van der Waals surface area contributed by atoms with Crippen LogP contribution >= 0.6 is 11.8 Å². The predicted octanol–water partition coefficient (Wildman–Crippen LogP) is 4.58. The van der Waals surface area contributed by atoms with E-state index < -0.39 is 0 Å². The molecule has 1 fully saturated rings. The quantitative estimate of drug-likeness (QED) is 0.447. The minimum atomic E-state index is -0.108. The average Bonchev–Trinajstić information content (AvgIpc) is 2.78. The second kappa shape index (κ2) is 9.04. The zero-order chi connectivity index (χ0) is 21.1. The number of piperidine rings is 1. The third kappa shape index (κ3) is 4.15. The number of thioether (sulfide) groups is 1. The van der Waals surface area contributed by atoms with Crippen molar-refractivity contribution in [1.82, 2.24) is 14.5 Å². The maximum absolute atomic E-state index is 13.3. The summed E-state index contributed by atoms with van der Waals surface area (Å²) in [7, 11) is 0. The van der Waals surface area contributed by atoms with Crippen molar-refractivity contribution in [1.29, 1.82) is 0 Å². The van der Waals surface area contributed by atoms with Crippen molar-refractivity contribution >= 4 is 28.6 Å². The van der Waals surface area contributed by atoms with Crippen molar-refractivity contribution in [2.24, 2.45) is 0 Å². The Bertz CT molecular complexity index is 1110. The van der Waals surface area contributed by atoms with Gasteiger partial charge in [0.15, 0.2) is 5.16 Å². The summed E-state index contributed by atoms with van der Waals surface area (Å²) in [4.78, 5) is 33.0. The molecule has 1 unspecified atom stereocenters. The van der Waals surface area contributed by atoms with E-state index in [0.29, 0.717) is 22.1 Å². The summed E-state index contributed by atoms with van der Waals surface area (Å²) in [6.45, 7) is 4.99. The van der Waals surface area contributed by atoms with Crippen LogP contribution in [0.2, 0.25) is 0 Å². The zero-order valence-electron chi connectivity index (χ0n) is 17.5. The summed E-state index contributed by atoms with van der Waals surface area (Å²) in [6.07, 6.45) is 4.32. The summed E-state index contributed by atoms with van der Waals surface area (Å²) < 4.78 is 1.63. The fourth-order valence-electron chi connectivity index (χ4n) is 4.09. The van der Waals surface area contributed by atoms with Crippen LogP contribution < -0.4 is 5.56 Å². The molecule has 3 aromatic rings. The monoisotopic (exact) mass is 421 g/mol. The van der Waals surface area contributed by atoms with Crippen molar-refractivity contribution in [3.63, 3.8) is 0 Å². The molecule has 1 saturated heterocycles. The van der Waals surface area contributed by atoms with Crippen LogP contribution in [0.15, 0.2) is 58.5 Å². The Labute approximate surface area is 181 Å². The number of fused-ring (bicyclic) bond motifs is 1. The van der Waals surface area contributed by atoms with Crippen molar-refractivity contribution in [3.05, 3.63) is 64.4 Å². The second-order valence-corrected chi connectivity index (χ2v) is 8.76. The number of aryl methyl sites for hydroxylation is 1. The van der Waals surface area contributed by atoms with Gasteiger partial charge in [-0.15, -0.1) is 0 Å². The number of nitrogens with zero attached hydrogens (tertiary/aromatic N) is 3. The molecule has 0 aliphatic carbocycles. The van der Waals surface area contributed by atoms with Gasteiger partial charge in [-0.05, 0) is 56.9 Å². The topological polar surface area (TPSA) is 55.2 Å². The molecule has 0 bridgehead atoms. The van der Waals surface area contributed by atoms with E-state index in [1.54, 1.807) is 10.6 Å². The van der Waals surface area contributed by atoms with Crippen LogP contribution in [0.3, 0.4) is 0 Å². The molecule has 0 saturated carbocycles. The molecule has 5 nitrogen and oxygen atoms in total. The van der Waals surface area contributed by atoms with E-state index in [9.17, 15) is 9.59 Å². The Morgan fingerprint density at radius 1 is 1.13 bits per heavy atom. The highest BCUT2D eigenvalue weighted by Gasteiger charge is 2.25. The van der Waals surface area contributed by atoms with Gasteiger partial charge in [0.1, 0.15) is 0 Å². The Morgan fingerprint density at radius 2 is 1.90 bits per heavy atom. The molecule has 0 spiro atoms. The van der Waals surface area contributed by atoms with Gasteiger partial charge >= 0.3 is 0 Å². The number of carbonyl (C=O) groups is 1. The van der Waals surface area contributed by atoms with Gasteiger partial charge in [0, 0.05) is 12.6 Å². The maximum atomic E-state index is 13.3. The van der Waals surface area contributed by atoms with Crippen LogP contribution in [0.5, 0.6) is 0 Å². The first-order valence-electron chi connectivity index (χ1n) is 10.6. The lowest BCUT2D eigenvalue weighted by Crippen LogP contribution is -2.44. The van der Waals surface area contributed by atoms with Gasteiger partial charge in [-0.1, -0.05) is 48.5 Å². The summed E-state index contributed by atoms with van der Waals surface area (Å²) >= 11 is 1.35. The number of hydrogen-bond donors (Lipinski definition) is 0. The highest BCUT2D eigenvalue weighted by atomic mass is 32.2. The first kappa shape index (κ1) is 20.7.